The van der Waals surface area contributed by atoms with Crippen molar-refractivity contribution in [3.05, 3.63) is 90.8 Å². The zero-order chi connectivity index (χ0) is 21.8. The Bertz CT molecular complexity index is 1320. The normalized spacial score (nSPS) is 10.9. The summed E-state index contributed by atoms with van der Waals surface area (Å²) in [6.07, 6.45) is 0. The lowest BCUT2D eigenvalue weighted by atomic mass is 10.2. The fourth-order valence-corrected chi connectivity index (χ4v) is 4.06. The molecule has 0 bridgehead atoms. The molecule has 0 unspecified atom stereocenters. The number of rotatable bonds is 7. The van der Waals surface area contributed by atoms with Gasteiger partial charge in [-0.15, -0.1) is 10.2 Å². The number of hydrogen-bond acceptors (Lipinski definition) is 7. The molecule has 0 fully saturated rings. The number of methoxy groups -OCH3 is 1. The number of aromatic nitrogens is 5. The smallest absolute Gasteiger partial charge is 0.237 e. The molecule has 0 aliphatic heterocycles. The monoisotopic (exact) mass is 441 g/mol. The molecule has 0 atom stereocenters. The van der Waals surface area contributed by atoms with E-state index in [0.717, 1.165) is 33.5 Å². The molecule has 158 valence electrons. The molecule has 0 aliphatic carbocycles. The lowest BCUT2D eigenvalue weighted by Crippen LogP contribution is -2.00. The molecule has 7 nitrogen and oxygen atoms in total. The molecule has 0 saturated heterocycles. The maximum absolute atomic E-state index is 5.45. The van der Waals surface area contributed by atoms with Gasteiger partial charge < -0.3 is 9.26 Å². The van der Waals surface area contributed by atoms with E-state index in [1.807, 2.05) is 89.5 Å². The first-order valence-electron chi connectivity index (χ1n) is 9.98. The van der Waals surface area contributed by atoms with E-state index in [0.29, 0.717) is 17.5 Å². The van der Waals surface area contributed by atoms with Crippen LogP contribution in [0.1, 0.15) is 5.89 Å². The lowest BCUT2D eigenvalue weighted by Gasteiger charge is -2.10. The van der Waals surface area contributed by atoms with Gasteiger partial charge in [-0.25, -0.2) is 0 Å². The van der Waals surface area contributed by atoms with Gasteiger partial charge in [0.25, 0.3) is 0 Å². The first kappa shape index (κ1) is 20.0. The minimum atomic E-state index is 0.475. The maximum atomic E-state index is 5.45. The van der Waals surface area contributed by atoms with E-state index >= 15 is 0 Å². The van der Waals surface area contributed by atoms with Crippen LogP contribution in [0.3, 0.4) is 0 Å². The predicted molar refractivity (Wildman–Crippen MR) is 123 cm³/mol. The second-order valence-corrected chi connectivity index (χ2v) is 7.82. The zero-order valence-electron chi connectivity index (χ0n) is 17.3. The molecule has 8 heteroatoms. The summed E-state index contributed by atoms with van der Waals surface area (Å²) in [5, 5.41) is 13.7. The summed E-state index contributed by atoms with van der Waals surface area (Å²) in [6.45, 7) is 0. The van der Waals surface area contributed by atoms with Gasteiger partial charge in [0.15, 0.2) is 11.0 Å². The largest absolute Gasteiger partial charge is 0.497 e. The number of benzene rings is 3. The molecular weight excluding hydrogens is 422 g/mol. The van der Waals surface area contributed by atoms with E-state index in [4.69, 9.17) is 9.26 Å². The number of nitrogens with zero attached hydrogens (tertiary/aromatic N) is 5. The highest BCUT2D eigenvalue weighted by Crippen LogP contribution is 2.31. The number of para-hydroxylation sites is 1. The van der Waals surface area contributed by atoms with Crippen molar-refractivity contribution in [3.8, 4) is 34.2 Å². The van der Waals surface area contributed by atoms with Crippen LogP contribution in [-0.4, -0.2) is 32.0 Å². The molecule has 2 heterocycles. The Labute approximate surface area is 189 Å². The molecule has 0 N–H and O–H groups in total. The third kappa shape index (κ3) is 4.13. The summed E-state index contributed by atoms with van der Waals surface area (Å²) in [4.78, 5) is 4.51. The summed E-state index contributed by atoms with van der Waals surface area (Å²) in [6, 6.07) is 27.5. The zero-order valence-corrected chi connectivity index (χ0v) is 18.1. The minimum Gasteiger partial charge on any atom is -0.497 e. The van der Waals surface area contributed by atoms with E-state index in [1.54, 1.807) is 7.11 Å². The quantitative estimate of drug-likeness (QED) is 0.318. The molecule has 0 radical (unpaired) electrons. The SMILES string of the molecule is COc1cccc(-c2nnc(SCc3nc(-c4ccccc4)no3)n2-c2ccccc2)c1. The van der Waals surface area contributed by atoms with Crippen molar-refractivity contribution in [1.82, 2.24) is 24.9 Å². The van der Waals surface area contributed by atoms with Crippen LogP contribution in [0, 0.1) is 0 Å². The molecular formula is C24H19N5O2S. The Hall–Kier alpha value is -3.91. The Morgan fingerprint density at radius 3 is 2.41 bits per heavy atom. The summed E-state index contributed by atoms with van der Waals surface area (Å²) >= 11 is 1.49. The molecule has 5 rings (SSSR count). The lowest BCUT2D eigenvalue weighted by molar-refractivity contribution is 0.391. The van der Waals surface area contributed by atoms with Crippen molar-refractivity contribution in [2.24, 2.45) is 0 Å². The van der Waals surface area contributed by atoms with E-state index < -0.39 is 0 Å². The van der Waals surface area contributed by atoms with Crippen LogP contribution in [0.5, 0.6) is 5.75 Å². The first-order chi connectivity index (χ1) is 15.8. The van der Waals surface area contributed by atoms with E-state index in [-0.39, 0.29) is 0 Å². The van der Waals surface area contributed by atoms with E-state index in [9.17, 15) is 0 Å². The second kappa shape index (κ2) is 9.07. The van der Waals surface area contributed by atoms with Gasteiger partial charge in [0.2, 0.25) is 11.7 Å². The Morgan fingerprint density at radius 1 is 0.875 bits per heavy atom. The van der Waals surface area contributed by atoms with Crippen molar-refractivity contribution < 1.29 is 9.26 Å². The first-order valence-corrected chi connectivity index (χ1v) is 11.0. The van der Waals surface area contributed by atoms with Gasteiger partial charge in [0.1, 0.15) is 5.75 Å². The highest BCUT2D eigenvalue weighted by molar-refractivity contribution is 7.98. The van der Waals surface area contributed by atoms with Crippen LogP contribution in [0.25, 0.3) is 28.5 Å². The summed E-state index contributed by atoms with van der Waals surface area (Å²) < 4.78 is 12.9. The molecule has 5 aromatic rings. The van der Waals surface area contributed by atoms with Gasteiger partial charge in [0.05, 0.1) is 12.9 Å². The van der Waals surface area contributed by atoms with Gasteiger partial charge >= 0.3 is 0 Å². The molecule has 32 heavy (non-hydrogen) atoms. The molecule has 0 aliphatic rings. The van der Waals surface area contributed by atoms with Crippen molar-refractivity contribution in [1.29, 1.82) is 0 Å². The maximum Gasteiger partial charge on any atom is 0.237 e. The third-order valence-corrected chi connectivity index (χ3v) is 5.71. The minimum absolute atomic E-state index is 0.475. The summed E-state index contributed by atoms with van der Waals surface area (Å²) in [5.41, 5.74) is 2.80. The Morgan fingerprint density at radius 2 is 1.62 bits per heavy atom. The number of hydrogen-bond donors (Lipinski definition) is 0. The Kier molecular flexibility index (Phi) is 5.67. The van der Waals surface area contributed by atoms with Gasteiger partial charge in [-0.2, -0.15) is 4.98 Å². The van der Waals surface area contributed by atoms with Crippen molar-refractivity contribution >= 4 is 11.8 Å². The third-order valence-electron chi connectivity index (χ3n) is 4.80. The van der Waals surface area contributed by atoms with Gasteiger partial charge in [-0.05, 0) is 24.3 Å². The topological polar surface area (TPSA) is 78.9 Å². The van der Waals surface area contributed by atoms with Gasteiger partial charge in [0, 0.05) is 16.8 Å². The fourth-order valence-electron chi connectivity index (χ4n) is 3.27. The summed E-state index contributed by atoms with van der Waals surface area (Å²) in [7, 11) is 1.65. The predicted octanol–water partition coefficient (Wildman–Crippen LogP) is 5.29. The van der Waals surface area contributed by atoms with Crippen molar-refractivity contribution in [2.45, 2.75) is 10.9 Å². The van der Waals surface area contributed by atoms with Crippen LogP contribution in [0.15, 0.2) is 94.6 Å². The highest BCUT2D eigenvalue weighted by atomic mass is 32.2. The van der Waals surface area contributed by atoms with Crippen molar-refractivity contribution in [3.63, 3.8) is 0 Å². The van der Waals surface area contributed by atoms with Gasteiger partial charge in [-0.1, -0.05) is 77.6 Å². The highest BCUT2D eigenvalue weighted by Gasteiger charge is 2.18. The van der Waals surface area contributed by atoms with E-state index in [2.05, 4.69) is 20.3 Å². The average molecular weight is 442 g/mol. The molecule has 0 spiro atoms. The molecule has 3 aromatic carbocycles. The van der Waals surface area contributed by atoms with Crippen LogP contribution < -0.4 is 4.74 Å². The molecule has 0 saturated carbocycles. The van der Waals surface area contributed by atoms with Crippen LogP contribution in [0.4, 0.5) is 0 Å². The number of thioether (sulfide) groups is 1. The van der Waals surface area contributed by atoms with Crippen molar-refractivity contribution in [2.75, 3.05) is 7.11 Å². The van der Waals surface area contributed by atoms with E-state index in [1.165, 1.54) is 11.8 Å². The van der Waals surface area contributed by atoms with Crippen LogP contribution >= 0.6 is 11.8 Å². The van der Waals surface area contributed by atoms with Crippen LogP contribution in [0.2, 0.25) is 0 Å². The standard InChI is InChI=1S/C24H19N5O2S/c1-30-20-14-8-11-18(15-20)23-26-27-24(29(23)19-12-6-3-7-13-19)32-16-21-25-22(28-31-21)17-9-4-2-5-10-17/h2-15H,16H2,1H3. The molecule has 2 aromatic heterocycles. The van der Waals surface area contributed by atoms with Gasteiger partial charge in [-0.3, -0.25) is 4.57 Å². The van der Waals surface area contributed by atoms with Crippen LogP contribution in [-0.2, 0) is 5.75 Å². The summed E-state index contributed by atoms with van der Waals surface area (Å²) in [5.74, 6) is 3.07. The fraction of sp³-hybridized carbons (Fsp3) is 0.0833. The molecule has 0 amide bonds. The number of ether oxygens (including phenoxy) is 1. The Balaban J connectivity index is 1.45. The second-order valence-electron chi connectivity index (χ2n) is 6.88. The average Bonchev–Trinajstić information content (AvgIpc) is 3.51.